The van der Waals surface area contributed by atoms with Gasteiger partial charge in [-0.15, -0.1) is 0 Å². The van der Waals surface area contributed by atoms with Crippen molar-refractivity contribution in [3.8, 4) is 17.1 Å². The van der Waals surface area contributed by atoms with Crippen LogP contribution in [0.3, 0.4) is 0 Å². The third kappa shape index (κ3) is 3.34. The molecule has 1 aliphatic heterocycles. The van der Waals surface area contributed by atoms with Crippen LogP contribution in [0.1, 0.15) is 34.1 Å². The van der Waals surface area contributed by atoms with Gasteiger partial charge < -0.3 is 14.6 Å². The number of nitrogens with one attached hydrogen (secondary N) is 1. The molecule has 1 N–H and O–H groups in total. The van der Waals surface area contributed by atoms with Crippen molar-refractivity contribution in [2.45, 2.75) is 45.8 Å². The molecule has 8 nitrogen and oxygen atoms in total. The molecule has 1 saturated heterocycles. The Morgan fingerprint density at radius 2 is 2.14 bits per heavy atom. The Morgan fingerprint density at radius 1 is 1.36 bits per heavy atom. The Kier molecular flexibility index (Phi) is 4.36. The number of rotatable bonds is 4. The van der Waals surface area contributed by atoms with Crippen molar-refractivity contribution in [3.63, 3.8) is 0 Å². The first-order chi connectivity index (χ1) is 13.2. The molecule has 1 fully saturated rings. The van der Waals surface area contributed by atoms with Crippen molar-refractivity contribution < 1.29 is 9.53 Å². The van der Waals surface area contributed by atoms with E-state index in [0.717, 1.165) is 22.3 Å². The fourth-order valence-corrected chi connectivity index (χ4v) is 3.42. The van der Waals surface area contributed by atoms with Gasteiger partial charge in [0.05, 0.1) is 29.3 Å². The molecule has 0 radical (unpaired) electrons. The number of imidazole rings is 1. The Hall–Kier alpha value is -2.90. The fourth-order valence-electron chi connectivity index (χ4n) is 3.42. The van der Waals surface area contributed by atoms with E-state index in [1.165, 1.54) is 0 Å². The van der Waals surface area contributed by atoms with Crippen molar-refractivity contribution in [3.05, 3.63) is 24.8 Å². The highest BCUT2D eigenvalue weighted by Gasteiger charge is 2.29. The van der Waals surface area contributed by atoms with E-state index >= 15 is 0 Å². The number of hydrogen-bond donors (Lipinski definition) is 1. The van der Waals surface area contributed by atoms with Crippen LogP contribution in [0.25, 0.3) is 22.3 Å². The normalized spacial score (nSPS) is 18.5. The van der Waals surface area contributed by atoms with Crippen LogP contribution in [0.4, 0.5) is 0 Å². The zero-order chi connectivity index (χ0) is 20.1. The van der Waals surface area contributed by atoms with Crippen LogP contribution in [0.5, 0.6) is 5.88 Å². The van der Waals surface area contributed by atoms with Crippen molar-refractivity contribution >= 4 is 16.9 Å². The van der Waals surface area contributed by atoms with E-state index in [2.05, 4.69) is 36.2 Å². The maximum absolute atomic E-state index is 11.6. The number of carbonyl (C=O) groups excluding carboxylic acids is 1. The van der Waals surface area contributed by atoms with Crippen molar-refractivity contribution in [2.24, 2.45) is 13.0 Å². The number of ether oxygens (including phenoxy) is 1. The molecule has 0 aliphatic carbocycles. The maximum atomic E-state index is 11.6. The van der Waals surface area contributed by atoms with E-state index in [0.29, 0.717) is 18.8 Å². The Morgan fingerprint density at radius 3 is 2.79 bits per heavy atom. The molecular weight excluding hydrogens is 356 g/mol. The summed E-state index contributed by atoms with van der Waals surface area (Å²) < 4.78 is 10.1. The summed E-state index contributed by atoms with van der Waals surface area (Å²) in [5.74, 6) is 0.732. The van der Waals surface area contributed by atoms with Crippen molar-refractivity contribution in [2.75, 3.05) is 6.54 Å². The van der Waals surface area contributed by atoms with Gasteiger partial charge in [-0.2, -0.15) is 5.10 Å². The first-order valence-electron chi connectivity index (χ1n) is 9.53. The second kappa shape index (κ2) is 6.61. The molecule has 0 spiro atoms. The highest BCUT2D eigenvalue weighted by atomic mass is 16.5. The van der Waals surface area contributed by atoms with Gasteiger partial charge in [0.1, 0.15) is 11.6 Å². The minimum Gasteiger partial charge on any atom is -0.473 e. The number of aromatic nitrogens is 5. The Bertz CT molecular complexity index is 1030. The second-order valence-electron chi connectivity index (χ2n) is 8.47. The average molecular weight is 382 g/mol. The van der Waals surface area contributed by atoms with E-state index in [1.807, 2.05) is 41.7 Å². The summed E-state index contributed by atoms with van der Waals surface area (Å²) in [4.78, 5) is 20.8. The lowest BCUT2D eigenvalue weighted by Gasteiger charge is -2.20. The van der Waals surface area contributed by atoms with E-state index in [9.17, 15) is 4.79 Å². The number of carbonyl (C=O) groups is 1. The third-order valence-electron chi connectivity index (χ3n) is 5.20. The quantitative estimate of drug-likeness (QED) is 0.749. The molecule has 0 aromatic carbocycles. The van der Waals surface area contributed by atoms with E-state index in [1.54, 1.807) is 6.33 Å². The SMILES string of the molecule is C[C@@H](Oc1nc(-c2cnn(C(C)(C)C)c2)cc2ncn(C)c12)C1CNC(=O)C1. The van der Waals surface area contributed by atoms with Crippen LogP contribution in [-0.4, -0.2) is 42.9 Å². The van der Waals surface area contributed by atoms with Gasteiger partial charge in [-0.3, -0.25) is 9.48 Å². The summed E-state index contributed by atoms with van der Waals surface area (Å²) >= 11 is 0. The predicted molar refractivity (Wildman–Crippen MR) is 106 cm³/mol. The molecule has 8 heteroatoms. The van der Waals surface area contributed by atoms with Gasteiger partial charge in [-0.25, -0.2) is 9.97 Å². The molecule has 3 aromatic rings. The summed E-state index contributed by atoms with van der Waals surface area (Å²) in [7, 11) is 1.92. The van der Waals surface area contributed by atoms with Gasteiger partial charge in [-0.05, 0) is 33.8 Å². The molecule has 2 atom stereocenters. The Balaban J connectivity index is 1.72. The average Bonchev–Trinajstić information content (AvgIpc) is 3.34. The number of amides is 1. The molecule has 1 amide bonds. The van der Waals surface area contributed by atoms with Crippen LogP contribution in [0.2, 0.25) is 0 Å². The van der Waals surface area contributed by atoms with Gasteiger partial charge >= 0.3 is 0 Å². The first kappa shape index (κ1) is 18.5. The zero-order valence-electron chi connectivity index (χ0n) is 16.9. The summed E-state index contributed by atoms with van der Waals surface area (Å²) in [6, 6.07) is 1.96. The van der Waals surface area contributed by atoms with Gasteiger partial charge in [0, 0.05) is 37.7 Å². The van der Waals surface area contributed by atoms with Crippen LogP contribution in [0.15, 0.2) is 24.8 Å². The molecule has 0 bridgehead atoms. The number of aryl methyl sites for hydroxylation is 1. The summed E-state index contributed by atoms with van der Waals surface area (Å²) in [5, 5.41) is 7.34. The fraction of sp³-hybridized carbons (Fsp3) is 0.500. The molecule has 148 valence electrons. The number of pyridine rings is 1. The van der Waals surface area contributed by atoms with Crippen molar-refractivity contribution in [1.29, 1.82) is 0 Å². The molecule has 3 aromatic heterocycles. The predicted octanol–water partition coefficient (Wildman–Crippen LogP) is 2.49. The monoisotopic (exact) mass is 382 g/mol. The molecule has 0 saturated carbocycles. The molecule has 1 aliphatic rings. The zero-order valence-corrected chi connectivity index (χ0v) is 16.9. The lowest BCUT2D eigenvalue weighted by Crippen LogP contribution is -2.26. The highest BCUT2D eigenvalue weighted by Crippen LogP contribution is 2.31. The standard InChI is InChI=1S/C20H26N6O2/c1-12(13-6-17(27)21-8-13)28-19-18-16(22-11-25(18)5)7-15(24-19)14-9-23-26(10-14)20(2,3)4/h7,9-13H,6,8H2,1-5H3,(H,21,27)/t12-,13?/m1/s1. The Labute approximate surface area is 163 Å². The lowest BCUT2D eigenvalue weighted by molar-refractivity contribution is -0.119. The topological polar surface area (TPSA) is 86.9 Å². The minimum absolute atomic E-state index is 0.0717. The number of fused-ring (bicyclic) bond motifs is 1. The minimum atomic E-state index is -0.142. The van der Waals surface area contributed by atoms with Gasteiger partial charge in [0.2, 0.25) is 11.8 Å². The maximum Gasteiger partial charge on any atom is 0.241 e. The molecule has 1 unspecified atom stereocenters. The van der Waals surface area contributed by atoms with Gasteiger partial charge in [0.25, 0.3) is 0 Å². The number of hydrogen-bond acceptors (Lipinski definition) is 5. The van der Waals surface area contributed by atoms with Crippen LogP contribution in [0, 0.1) is 5.92 Å². The van der Waals surface area contributed by atoms with Crippen LogP contribution < -0.4 is 10.1 Å². The van der Waals surface area contributed by atoms with E-state index in [4.69, 9.17) is 9.72 Å². The van der Waals surface area contributed by atoms with Gasteiger partial charge in [0.15, 0.2) is 0 Å². The molecule has 28 heavy (non-hydrogen) atoms. The lowest BCUT2D eigenvalue weighted by atomic mass is 10.0. The smallest absolute Gasteiger partial charge is 0.241 e. The largest absolute Gasteiger partial charge is 0.473 e. The third-order valence-corrected chi connectivity index (χ3v) is 5.20. The van der Waals surface area contributed by atoms with Crippen molar-refractivity contribution in [1.82, 2.24) is 29.6 Å². The summed E-state index contributed by atoms with van der Waals surface area (Å²) in [5.41, 5.74) is 3.24. The van der Waals surface area contributed by atoms with Gasteiger partial charge in [-0.1, -0.05) is 0 Å². The van der Waals surface area contributed by atoms with E-state index < -0.39 is 0 Å². The van der Waals surface area contributed by atoms with Crippen LogP contribution >= 0.6 is 0 Å². The summed E-state index contributed by atoms with van der Waals surface area (Å²) in [6.07, 6.45) is 5.90. The molecule has 4 heterocycles. The second-order valence-corrected chi connectivity index (χ2v) is 8.47. The summed E-state index contributed by atoms with van der Waals surface area (Å²) in [6.45, 7) is 8.93. The van der Waals surface area contributed by atoms with Crippen LogP contribution in [-0.2, 0) is 17.4 Å². The first-order valence-corrected chi connectivity index (χ1v) is 9.53. The molecule has 4 rings (SSSR count). The molecular formula is C20H26N6O2. The highest BCUT2D eigenvalue weighted by molar-refractivity contribution is 5.84. The van der Waals surface area contributed by atoms with E-state index in [-0.39, 0.29) is 23.5 Å². The number of nitrogens with zero attached hydrogens (tertiary/aromatic N) is 5.